The van der Waals surface area contributed by atoms with Crippen LogP contribution in [0.1, 0.15) is 12.5 Å². The van der Waals surface area contributed by atoms with E-state index in [0.29, 0.717) is 0 Å². The second kappa shape index (κ2) is 13.6. The van der Waals surface area contributed by atoms with Gasteiger partial charge in [-0.25, -0.2) is 0 Å². The quantitative estimate of drug-likeness (QED) is 0.150. The number of anilines is 2. The predicted molar refractivity (Wildman–Crippen MR) is 217 cm³/mol. The highest BCUT2D eigenvalue weighted by Crippen LogP contribution is 2.36. The van der Waals surface area contributed by atoms with E-state index in [2.05, 4.69) is 206 Å². The molecule has 0 spiro atoms. The molecule has 50 heavy (non-hydrogen) atoms. The Kier molecular flexibility index (Phi) is 8.39. The molecule has 0 fully saturated rings. The average molecular weight is 640 g/mol. The number of nitrogens with zero attached hydrogens (tertiary/aromatic N) is 1. The van der Waals surface area contributed by atoms with Gasteiger partial charge in [0.05, 0.1) is 0 Å². The van der Waals surface area contributed by atoms with Crippen LogP contribution < -0.4 is 4.90 Å². The van der Waals surface area contributed by atoms with Crippen molar-refractivity contribution >= 4 is 49.3 Å². The van der Waals surface area contributed by atoms with Gasteiger partial charge in [-0.1, -0.05) is 170 Å². The van der Waals surface area contributed by atoms with E-state index in [0.717, 1.165) is 22.6 Å². The predicted octanol–water partition coefficient (Wildman–Crippen LogP) is 13.8. The summed E-state index contributed by atoms with van der Waals surface area (Å²) in [6.07, 6.45) is 6.34. The summed E-state index contributed by atoms with van der Waals surface area (Å²) >= 11 is 0. The van der Waals surface area contributed by atoms with Gasteiger partial charge in [0.15, 0.2) is 0 Å². The topological polar surface area (TPSA) is 3.24 Å². The summed E-state index contributed by atoms with van der Waals surface area (Å²) < 4.78 is 0. The molecule has 1 heteroatoms. The largest absolute Gasteiger partial charge is 0.315 e. The van der Waals surface area contributed by atoms with Crippen LogP contribution in [0.4, 0.5) is 11.4 Å². The lowest BCUT2D eigenvalue weighted by molar-refractivity contribution is 1.16. The highest BCUT2D eigenvalue weighted by atomic mass is 15.1. The van der Waals surface area contributed by atoms with Crippen LogP contribution in [0.5, 0.6) is 0 Å². The molecule has 0 aromatic heterocycles. The molecule has 0 unspecified atom stereocenters. The Bertz CT molecular complexity index is 2410. The van der Waals surface area contributed by atoms with E-state index in [-0.39, 0.29) is 0 Å². The Morgan fingerprint density at radius 3 is 1.36 bits per heavy atom. The SMILES string of the molecule is C=C/C(=C\C=C(/C)N(c1ccc(-c2cccc3ccccc23)cc1)c1ccc(-c2cccc3ccccc23)cc1)c1cccc2ccccc12. The fourth-order valence-corrected chi connectivity index (χ4v) is 7.12. The number of fused-ring (bicyclic) bond motifs is 3. The maximum absolute atomic E-state index is 4.19. The van der Waals surface area contributed by atoms with Crippen molar-refractivity contribution in [2.45, 2.75) is 6.92 Å². The maximum Gasteiger partial charge on any atom is 0.0458 e. The first-order valence-electron chi connectivity index (χ1n) is 17.1. The Balaban J connectivity index is 1.21. The normalized spacial score (nSPS) is 12.0. The van der Waals surface area contributed by atoms with Crippen LogP contribution in [0.3, 0.4) is 0 Å². The Labute approximate surface area is 294 Å². The smallest absolute Gasteiger partial charge is 0.0458 e. The van der Waals surface area contributed by atoms with Crippen molar-refractivity contribution in [3.63, 3.8) is 0 Å². The van der Waals surface area contributed by atoms with E-state index < -0.39 is 0 Å². The molecule has 0 saturated carbocycles. The number of hydrogen-bond acceptors (Lipinski definition) is 1. The zero-order chi connectivity index (χ0) is 33.9. The van der Waals surface area contributed by atoms with Crippen LogP contribution in [0.2, 0.25) is 0 Å². The molecule has 0 atom stereocenters. The van der Waals surface area contributed by atoms with Gasteiger partial charge in [0.25, 0.3) is 0 Å². The lowest BCUT2D eigenvalue weighted by Gasteiger charge is -2.26. The van der Waals surface area contributed by atoms with E-state index in [4.69, 9.17) is 0 Å². The minimum absolute atomic E-state index is 1.08. The molecule has 0 aliphatic heterocycles. The zero-order valence-corrected chi connectivity index (χ0v) is 28.1. The number of benzene rings is 8. The summed E-state index contributed by atoms with van der Waals surface area (Å²) in [4.78, 5) is 2.33. The van der Waals surface area contributed by atoms with Crippen molar-refractivity contribution in [2.75, 3.05) is 4.90 Å². The third-order valence-electron chi connectivity index (χ3n) is 9.63. The molecule has 8 aromatic rings. The molecule has 0 aliphatic carbocycles. The van der Waals surface area contributed by atoms with Crippen molar-refractivity contribution < 1.29 is 0 Å². The van der Waals surface area contributed by atoms with Gasteiger partial charge in [0, 0.05) is 17.1 Å². The molecule has 0 radical (unpaired) electrons. The van der Waals surface area contributed by atoms with Crippen LogP contribution in [0.25, 0.3) is 60.1 Å². The molecular formula is C49H37N. The van der Waals surface area contributed by atoms with Crippen LogP contribution in [0.15, 0.2) is 206 Å². The number of rotatable bonds is 8. The number of allylic oxidation sites excluding steroid dienone is 5. The molecule has 0 amide bonds. The molecule has 0 heterocycles. The number of hydrogen-bond donors (Lipinski definition) is 0. The molecule has 0 N–H and O–H groups in total. The average Bonchev–Trinajstić information content (AvgIpc) is 3.18. The molecule has 0 saturated heterocycles. The van der Waals surface area contributed by atoms with Gasteiger partial charge in [-0.15, -0.1) is 0 Å². The van der Waals surface area contributed by atoms with Gasteiger partial charge in [-0.3, -0.25) is 0 Å². The molecule has 0 aliphatic rings. The van der Waals surface area contributed by atoms with Gasteiger partial charge in [-0.2, -0.15) is 0 Å². The minimum atomic E-state index is 1.08. The second-order valence-corrected chi connectivity index (χ2v) is 12.6. The Morgan fingerprint density at radius 2 is 0.860 bits per heavy atom. The molecule has 8 rings (SSSR count). The van der Waals surface area contributed by atoms with E-state index in [1.54, 1.807) is 0 Å². The Morgan fingerprint density at radius 1 is 0.440 bits per heavy atom. The van der Waals surface area contributed by atoms with E-state index in [1.165, 1.54) is 60.1 Å². The van der Waals surface area contributed by atoms with Gasteiger partial charge < -0.3 is 4.90 Å². The third kappa shape index (κ3) is 5.91. The molecule has 1 nitrogen and oxygen atoms in total. The molecule has 238 valence electrons. The van der Waals surface area contributed by atoms with Crippen molar-refractivity contribution in [3.8, 4) is 22.3 Å². The lowest BCUT2D eigenvalue weighted by atomic mass is 9.97. The van der Waals surface area contributed by atoms with Crippen LogP contribution in [-0.4, -0.2) is 0 Å². The van der Waals surface area contributed by atoms with Crippen LogP contribution in [-0.2, 0) is 0 Å². The summed E-state index contributed by atoms with van der Waals surface area (Å²) in [5, 5.41) is 7.45. The third-order valence-corrected chi connectivity index (χ3v) is 9.63. The highest BCUT2D eigenvalue weighted by Gasteiger charge is 2.14. The summed E-state index contributed by atoms with van der Waals surface area (Å²) in [6, 6.07) is 63.1. The van der Waals surface area contributed by atoms with E-state index in [1.807, 2.05) is 6.08 Å². The van der Waals surface area contributed by atoms with E-state index in [9.17, 15) is 0 Å². The Hall–Kier alpha value is -6.44. The minimum Gasteiger partial charge on any atom is -0.315 e. The fraction of sp³-hybridized carbons (Fsp3) is 0.0204. The van der Waals surface area contributed by atoms with Crippen molar-refractivity contribution in [1.82, 2.24) is 0 Å². The van der Waals surface area contributed by atoms with Gasteiger partial charge >= 0.3 is 0 Å². The van der Waals surface area contributed by atoms with Crippen molar-refractivity contribution in [3.05, 3.63) is 212 Å². The summed E-state index contributed by atoms with van der Waals surface area (Å²) in [5.41, 5.74) is 10.4. The van der Waals surface area contributed by atoms with E-state index >= 15 is 0 Å². The van der Waals surface area contributed by atoms with Crippen LogP contribution >= 0.6 is 0 Å². The summed E-state index contributed by atoms with van der Waals surface area (Å²) in [5.74, 6) is 0. The molecule has 8 aromatic carbocycles. The zero-order valence-electron chi connectivity index (χ0n) is 28.1. The molecular weight excluding hydrogens is 603 g/mol. The second-order valence-electron chi connectivity index (χ2n) is 12.6. The summed E-state index contributed by atoms with van der Waals surface area (Å²) in [7, 11) is 0. The van der Waals surface area contributed by atoms with Gasteiger partial charge in [0.1, 0.15) is 0 Å². The summed E-state index contributed by atoms with van der Waals surface area (Å²) in [6.45, 7) is 6.37. The standard InChI is InChI=1S/C49H37N/c1-3-36(44-22-10-16-37-13-4-7-19-45(37)44)26-25-35(2)50(42-31-27-40(28-32-42)48-23-11-17-38-14-5-8-20-46(38)48)43-33-29-41(30-34-43)49-24-12-18-39-15-6-9-21-47(39)49/h3-34H,1H2,2H3/b35-25+,36-26+. The highest BCUT2D eigenvalue weighted by molar-refractivity contribution is 5.99. The van der Waals surface area contributed by atoms with Gasteiger partial charge in [-0.05, 0) is 103 Å². The first-order valence-corrected chi connectivity index (χ1v) is 17.1. The van der Waals surface area contributed by atoms with Crippen molar-refractivity contribution in [1.29, 1.82) is 0 Å². The first kappa shape index (κ1) is 30.9. The monoisotopic (exact) mass is 639 g/mol. The lowest BCUT2D eigenvalue weighted by Crippen LogP contribution is -2.14. The van der Waals surface area contributed by atoms with Gasteiger partial charge in [0.2, 0.25) is 0 Å². The first-order chi connectivity index (χ1) is 24.7. The van der Waals surface area contributed by atoms with Crippen LogP contribution in [0, 0.1) is 0 Å². The van der Waals surface area contributed by atoms with Crippen molar-refractivity contribution in [2.24, 2.45) is 0 Å². The molecule has 0 bridgehead atoms. The fourth-order valence-electron chi connectivity index (χ4n) is 7.12. The maximum atomic E-state index is 4.19.